The topological polar surface area (TPSA) is 55.8 Å². The highest BCUT2D eigenvalue weighted by atomic mass is 28.4. The van der Waals surface area contributed by atoms with Gasteiger partial charge in [0.15, 0.2) is 8.32 Å². The average molecular weight is 402 g/mol. The molecule has 1 atom stereocenters. The van der Waals surface area contributed by atoms with Gasteiger partial charge < -0.3 is 13.8 Å². The third kappa shape index (κ3) is 11.4. The van der Waals surface area contributed by atoms with Crippen molar-refractivity contribution >= 4 is 28.5 Å². The minimum Gasteiger partial charge on any atom is -0.520 e. The summed E-state index contributed by atoms with van der Waals surface area (Å²) in [7, 11) is -2.99. The Morgan fingerprint density at radius 1 is 1.00 bits per heavy atom. The van der Waals surface area contributed by atoms with E-state index >= 15 is 0 Å². The van der Waals surface area contributed by atoms with E-state index in [1.165, 1.54) is 0 Å². The van der Waals surface area contributed by atoms with E-state index in [-0.39, 0.29) is 18.8 Å². The second kappa shape index (κ2) is 9.17. The maximum atomic E-state index is 12.7. The molecule has 0 saturated carbocycles. The normalized spacial score (nSPS) is 14.2. The molecule has 0 spiro atoms. The Bertz CT molecular complexity index is 459. The van der Waals surface area contributed by atoms with Crippen LogP contribution in [0.2, 0.25) is 39.3 Å². The van der Waals surface area contributed by atoms with E-state index in [4.69, 9.17) is 8.85 Å². The fourth-order valence-electron chi connectivity index (χ4n) is 2.05. The second-order valence-corrected chi connectivity index (χ2v) is 16.8. The zero-order valence-electron chi connectivity index (χ0n) is 16.1. The zero-order valence-corrected chi connectivity index (χ0v) is 18.1. The fourth-order valence-corrected chi connectivity index (χ4v) is 3.93. The van der Waals surface area contributed by atoms with Crippen LogP contribution in [0.25, 0.3) is 0 Å². The van der Waals surface area contributed by atoms with Crippen LogP contribution in [0, 0.1) is 0 Å². The standard InChI is InChI=1S/C15H30F3NO4Si2/c1-19(14(21)15(16,17)18)12(22-24(2,3)4)10-8-9-11-13(20)23-25(5,6)7/h12H,8-11H2,1-7H3. The number of unbranched alkanes of at least 4 members (excludes halogenated alkanes) is 1. The first kappa shape index (κ1) is 24.1. The molecule has 0 aliphatic carbocycles. The molecule has 10 heteroatoms. The molecule has 148 valence electrons. The first-order valence-electron chi connectivity index (χ1n) is 8.26. The molecular weight excluding hydrogens is 371 g/mol. The number of alkyl halides is 3. The van der Waals surface area contributed by atoms with Crippen LogP contribution in [-0.2, 0) is 18.4 Å². The van der Waals surface area contributed by atoms with Crippen molar-refractivity contribution in [2.24, 2.45) is 0 Å². The van der Waals surface area contributed by atoms with Crippen LogP contribution < -0.4 is 0 Å². The average Bonchev–Trinajstić information content (AvgIpc) is 2.36. The van der Waals surface area contributed by atoms with Gasteiger partial charge in [-0.15, -0.1) is 0 Å². The summed E-state index contributed by atoms with van der Waals surface area (Å²) in [4.78, 5) is 23.7. The number of hydrogen-bond donors (Lipinski definition) is 0. The smallest absolute Gasteiger partial charge is 0.471 e. The molecule has 0 aromatic rings. The lowest BCUT2D eigenvalue weighted by Gasteiger charge is -2.33. The predicted molar refractivity (Wildman–Crippen MR) is 95.0 cm³/mol. The van der Waals surface area contributed by atoms with Crippen LogP contribution in [0.4, 0.5) is 13.2 Å². The summed E-state index contributed by atoms with van der Waals surface area (Å²) in [5, 5.41) is 0. The van der Waals surface area contributed by atoms with Gasteiger partial charge in [0.05, 0.1) is 0 Å². The molecule has 0 aromatic carbocycles. The SMILES string of the molecule is CN(C(=O)C(F)(F)F)C(CCCCC(=O)O[Si](C)(C)C)O[Si](C)(C)C. The third-order valence-electron chi connectivity index (χ3n) is 2.99. The first-order valence-corrected chi connectivity index (χ1v) is 15.1. The highest BCUT2D eigenvalue weighted by Gasteiger charge is 2.43. The van der Waals surface area contributed by atoms with E-state index in [1.807, 2.05) is 39.3 Å². The summed E-state index contributed by atoms with van der Waals surface area (Å²) < 4.78 is 49.0. The summed E-state index contributed by atoms with van der Waals surface area (Å²) in [5.74, 6) is -2.21. The van der Waals surface area contributed by atoms with Gasteiger partial charge in [0.1, 0.15) is 6.23 Å². The number of carbonyl (C=O) groups is 2. The molecule has 0 aliphatic heterocycles. The Hall–Kier alpha value is -0.876. The number of rotatable bonds is 9. The van der Waals surface area contributed by atoms with E-state index in [1.54, 1.807) is 0 Å². The van der Waals surface area contributed by atoms with Crippen molar-refractivity contribution in [1.29, 1.82) is 0 Å². The second-order valence-electron chi connectivity index (χ2n) is 7.93. The molecular formula is C15H30F3NO4Si2. The van der Waals surface area contributed by atoms with Gasteiger partial charge in [0.2, 0.25) is 8.32 Å². The van der Waals surface area contributed by atoms with Crippen molar-refractivity contribution < 1.29 is 31.6 Å². The summed E-state index contributed by atoms with van der Waals surface area (Å²) >= 11 is 0. The Morgan fingerprint density at radius 3 is 1.92 bits per heavy atom. The lowest BCUT2D eigenvalue weighted by Crippen LogP contribution is -2.49. The predicted octanol–water partition coefficient (Wildman–Crippen LogP) is 4.12. The molecule has 0 aliphatic rings. The molecule has 0 aromatic heterocycles. The minimum absolute atomic E-state index is 0.209. The number of amides is 1. The van der Waals surface area contributed by atoms with Crippen LogP contribution >= 0.6 is 0 Å². The Kier molecular flexibility index (Phi) is 8.85. The molecule has 0 rings (SSSR count). The van der Waals surface area contributed by atoms with Gasteiger partial charge in [-0.2, -0.15) is 13.2 Å². The molecule has 0 fully saturated rings. The van der Waals surface area contributed by atoms with Gasteiger partial charge in [-0.1, -0.05) is 0 Å². The molecule has 25 heavy (non-hydrogen) atoms. The largest absolute Gasteiger partial charge is 0.520 e. The Morgan fingerprint density at radius 2 is 1.52 bits per heavy atom. The summed E-state index contributed by atoms with van der Waals surface area (Å²) in [5.41, 5.74) is 0. The monoisotopic (exact) mass is 401 g/mol. The molecule has 0 bridgehead atoms. The van der Waals surface area contributed by atoms with Crippen LogP contribution in [0.1, 0.15) is 25.7 Å². The first-order chi connectivity index (χ1) is 11.0. The Balaban J connectivity index is 4.67. The van der Waals surface area contributed by atoms with Crippen molar-refractivity contribution in [2.45, 2.75) is 77.4 Å². The molecule has 1 amide bonds. The minimum atomic E-state index is -4.93. The lowest BCUT2D eigenvalue weighted by atomic mass is 10.1. The summed E-state index contributed by atoms with van der Waals surface area (Å²) in [6.45, 7) is 11.2. The van der Waals surface area contributed by atoms with Crippen molar-refractivity contribution in [3.8, 4) is 0 Å². The fraction of sp³-hybridized carbons (Fsp3) is 0.867. The zero-order chi connectivity index (χ0) is 20.1. The van der Waals surface area contributed by atoms with Gasteiger partial charge in [-0.3, -0.25) is 9.59 Å². The van der Waals surface area contributed by atoms with Gasteiger partial charge >= 0.3 is 12.1 Å². The third-order valence-corrected chi connectivity index (χ3v) is 4.81. The molecule has 1 unspecified atom stereocenters. The van der Waals surface area contributed by atoms with E-state index in [0.29, 0.717) is 17.7 Å². The van der Waals surface area contributed by atoms with Gasteiger partial charge in [-0.05, 0) is 58.5 Å². The van der Waals surface area contributed by atoms with Gasteiger partial charge in [0.25, 0.3) is 5.97 Å². The highest BCUT2D eigenvalue weighted by molar-refractivity contribution is 6.71. The number of hydrogen-bond acceptors (Lipinski definition) is 4. The molecule has 0 radical (unpaired) electrons. The molecule has 5 nitrogen and oxygen atoms in total. The number of carbonyl (C=O) groups excluding carboxylic acids is 2. The van der Waals surface area contributed by atoms with E-state index < -0.39 is 34.9 Å². The maximum absolute atomic E-state index is 12.7. The van der Waals surface area contributed by atoms with Crippen LogP contribution in [-0.4, -0.2) is 52.9 Å². The van der Waals surface area contributed by atoms with Gasteiger partial charge in [-0.25, -0.2) is 0 Å². The van der Waals surface area contributed by atoms with Crippen LogP contribution in [0.5, 0.6) is 0 Å². The van der Waals surface area contributed by atoms with Crippen LogP contribution in [0.3, 0.4) is 0 Å². The van der Waals surface area contributed by atoms with E-state index in [2.05, 4.69) is 0 Å². The summed E-state index contributed by atoms with van der Waals surface area (Å²) in [6, 6.07) is 0. The van der Waals surface area contributed by atoms with Crippen LogP contribution in [0.15, 0.2) is 0 Å². The van der Waals surface area contributed by atoms with Crippen molar-refractivity contribution in [3.05, 3.63) is 0 Å². The highest BCUT2D eigenvalue weighted by Crippen LogP contribution is 2.23. The van der Waals surface area contributed by atoms with Crippen molar-refractivity contribution in [1.82, 2.24) is 4.90 Å². The molecule has 0 saturated heterocycles. The maximum Gasteiger partial charge on any atom is 0.471 e. The van der Waals surface area contributed by atoms with Crippen molar-refractivity contribution in [2.75, 3.05) is 7.05 Å². The number of nitrogens with zero attached hydrogens (tertiary/aromatic N) is 1. The van der Waals surface area contributed by atoms with E-state index in [0.717, 1.165) is 7.05 Å². The molecule has 0 heterocycles. The van der Waals surface area contributed by atoms with Gasteiger partial charge in [0, 0.05) is 13.5 Å². The van der Waals surface area contributed by atoms with E-state index in [9.17, 15) is 22.8 Å². The quantitative estimate of drug-likeness (QED) is 0.331. The Labute approximate surface area is 150 Å². The lowest BCUT2D eigenvalue weighted by molar-refractivity contribution is -0.191. The number of halogens is 3. The molecule has 0 N–H and O–H groups in total. The summed E-state index contributed by atoms with van der Waals surface area (Å²) in [6.07, 6.45) is -4.50. The van der Waals surface area contributed by atoms with Crippen molar-refractivity contribution in [3.63, 3.8) is 0 Å².